The van der Waals surface area contributed by atoms with E-state index in [4.69, 9.17) is 4.74 Å². The molecule has 6 nitrogen and oxygen atoms in total. The Kier molecular flexibility index (Phi) is 7.59. The van der Waals surface area contributed by atoms with E-state index in [1.165, 1.54) is 0 Å². The summed E-state index contributed by atoms with van der Waals surface area (Å²) in [4.78, 5) is 27.7. The van der Waals surface area contributed by atoms with Gasteiger partial charge in [0.1, 0.15) is 5.56 Å². The van der Waals surface area contributed by atoms with E-state index in [1.54, 1.807) is 19.2 Å². The average Bonchev–Trinajstić information content (AvgIpc) is 2.68. The number of aromatic amines is 1. The Morgan fingerprint density at radius 3 is 2.48 bits per heavy atom. The third-order valence-corrected chi connectivity index (χ3v) is 4.98. The van der Waals surface area contributed by atoms with Crippen LogP contribution < -0.4 is 16.2 Å². The molecule has 1 aliphatic rings. The zero-order valence-electron chi connectivity index (χ0n) is 15.4. The van der Waals surface area contributed by atoms with Crippen LogP contribution in [0.25, 0.3) is 11.3 Å². The molecule has 3 rings (SSSR count). The summed E-state index contributed by atoms with van der Waals surface area (Å²) in [6, 6.07) is 12.9. The lowest BCUT2D eigenvalue weighted by atomic mass is 9.79. The molecule has 0 bridgehead atoms. The number of carbonyl (C=O) groups excluding carboxylic acids is 1. The number of nitrogens with one attached hydrogen (secondary N) is 3. The molecule has 0 aliphatic carbocycles. The van der Waals surface area contributed by atoms with Crippen LogP contribution >= 0.6 is 12.4 Å². The lowest BCUT2D eigenvalue weighted by Crippen LogP contribution is -2.47. The number of piperidine rings is 1. The predicted molar refractivity (Wildman–Crippen MR) is 108 cm³/mol. The summed E-state index contributed by atoms with van der Waals surface area (Å²) < 4.78 is 5.36. The van der Waals surface area contributed by atoms with E-state index in [0.717, 1.165) is 31.5 Å². The number of pyridine rings is 1. The number of ether oxygens (including phenoxy) is 1. The van der Waals surface area contributed by atoms with Crippen molar-refractivity contribution in [1.82, 2.24) is 15.6 Å². The van der Waals surface area contributed by atoms with Crippen LogP contribution in [0.15, 0.2) is 47.3 Å². The quantitative estimate of drug-likeness (QED) is 0.705. The van der Waals surface area contributed by atoms with Crippen LogP contribution in [-0.4, -0.2) is 44.2 Å². The third kappa shape index (κ3) is 5.19. The Labute approximate surface area is 165 Å². The van der Waals surface area contributed by atoms with E-state index in [2.05, 4.69) is 15.6 Å². The average molecular weight is 392 g/mol. The summed E-state index contributed by atoms with van der Waals surface area (Å²) in [6.45, 7) is 2.91. The van der Waals surface area contributed by atoms with Gasteiger partial charge >= 0.3 is 0 Å². The zero-order chi connectivity index (χ0) is 18.4. The molecule has 1 fully saturated rings. The number of hydrogen-bond acceptors (Lipinski definition) is 4. The second kappa shape index (κ2) is 9.69. The minimum Gasteiger partial charge on any atom is -0.384 e. The molecule has 7 heteroatoms. The number of H-pyrrole nitrogens is 1. The van der Waals surface area contributed by atoms with Crippen molar-refractivity contribution < 1.29 is 9.53 Å². The summed E-state index contributed by atoms with van der Waals surface area (Å²) in [5.41, 5.74) is 1.28. The minimum absolute atomic E-state index is 0. The van der Waals surface area contributed by atoms with Crippen LogP contribution in [-0.2, 0) is 4.74 Å². The molecule has 1 amide bonds. The van der Waals surface area contributed by atoms with Crippen molar-refractivity contribution >= 4 is 18.3 Å². The number of amides is 1. The first-order chi connectivity index (χ1) is 12.6. The highest BCUT2D eigenvalue weighted by Crippen LogP contribution is 2.28. The van der Waals surface area contributed by atoms with Gasteiger partial charge in [0.2, 0.25) is 0 Å². The lowest BCUT2D eigenvalue weighted by molar-refractivity contribution is 0.0511. The summed E-state index contributed by atoms with van der Waals surface area (Å²) in [5.74, 6) is -0.347. The number of benzene rings is 1. The predicted octanol–water partition coefficient (Wildman–Crippen LogP) is 2.21. The molecule has 1 aromatic carbocycles. The maximum absolute atomic E-state index is 12.5. The van der Waals surface area contributed by atoms with Crippen molar-refractivity contribution in [3.63, 3.8) is 0 Å². The molecule has 2 heterocycles. The molecule has 146 valence electrons. The van der Waals surface area contributed by atoms with Crippen LogP contribution in [0.2, 0.25) is 0 Å². The molecule has 27 heavy (non-hydrogen) atoms. The van der Waals surface area contributed by atoms with Gasteiger partial charge in [-0.15, -0.1) is 12.4 Å². The number of methoxy groups -OCH3 is 1. The highest BCUT2D eigenvalue weighted by molar-refractivity contribution is 5.94. The van der Waals surface area contributed by atoms with Crippen molar-refractivity contribution in [2.75, 3.05) is 33.4 Å². The van der Waals surface area contributed by atoms with Crippen LogP contribution in [0.3, 0.4) is 0 Å². The highest BCUT2D eigenvalue weighted by Gasteiger charge is 2.32. The second-order valence-corrected chi connectivity index (χ2v) is 6.85. The number of aromatic nitrogens is 1. The fraction of sp³-hybridized carbons (Fsp3) is 0.400. The van der Waals surface area contributed by atoms with Gasteiger partial charge < -0.3 is 20.4 Å². The topological polar surface area (TPSA) is 83.2 Å². The second-order valence-electron chi connectivity index (χ2n) is 6.85. The molecule has 0 spiro atoms. The third-order valence-electron chi connectivity index (χ3n) is 4.98. The van der Waals surface area contributed by atoms with Gasteiger partial charge in [0.05, 0.1) is 6.61 Å². The zero-order valence-corrected chi connectivity index (χ0v) is 16.2. The van der Waals surface area contributed by atoms with Crippen molar-refractivity contribution in [3.8, 4) is 11.3 Å². The Morgan fingerprint density at radius 1 is 1.15 bits per heavy atom. The van der Waals surface area contributed by atoms with E-state index < -0.39 is 0 Å². The first kappa shape index (κ1) is 21.2. The van der Waals surface area contributed by atoms with E-state index in [0.29, 0.717) is 18.8 Å². The molecule has 0 saturated carbocycles. The fourth-order valence-corrected chi connectivity index (χ4v) is 3.44. The molecular formula is C20H26ClN3O3. The molecule has 0 radical (unpaired) electrons. The van der Waals surface area contributed by atoms with Crippen molar-refractivity contribution in [3.05, 3.63) is 58.4 Å². The number of carbonyl (C=O) groups is 1. The molecular weight excluding hydrogens is 366 g/mol. The SMILES string of the molecule is COCC1(CNC(=O)c2ccc(-c3ccccc3)[nH]c2=O)CCNCC1.Cl. The van der Waals surface area contributed by atoms with Gasteiger partial charge in [0.25, 0.3) is 11.5 Å². The van der Waals surface area contributed by atoms with Crippen LogP contribution in [0.4, 0.5) is 0 Å². The number of rotatable bonds is 6. The normalized spacial score (nSPS) is 15.6. The van der Waals surface area contributed by atoms with Crippen LogP contribution in [0.1, 0.15) is 23.2 Å². The van der Waals surface area contributed by atoms with Gasteiger partial charge in [-0.05, 0) is 43.6 Å². The number of halogens is 1. The first-order valence-electron chi connectivity index (χ1n) is 8.90. The number of hydrogen-bond donors (Lipinski definition) is 3. The Bertz CT molecular complexity index is 796. The van der Waals surface area contributed by atoms with Gasteiger partial charge in [0, 0.05) is 24.8 Å². The molecule has 1 aliphatic heterocycles. The van der Waals surface area contributed by atoms with Crippen molar-refractivity contribution in [1.29, 1.82) is 0 Å². The summed E-state index contributed by atoms with van der Waals surface area (Å²) in [6.07, 6.45) is 1.87. The monoisotopic (exact) mass is 391 g/mol. The van der Waals surface area contributed by atoms with Gasteiger partial charge in [-0.1, -0.05) is 30.3 Å². The van der Waals surface area contributed by atoms with E-state index >= 15 is 0 Å². The van der Waals surface area contributed by atoms with Crippen LogP contribution in [0.5, 0.6) is 0 Å². The molecule has 3 N–H and O–H groups in total. The molecule has 0 unspecified atom stereocenters. The molecule has 1 aromatic heterocycles. The minimum atomic E-state index is -0.380. The van der Waals surface area contributed by atoms with Gasteiger partial charge in [-0.2, -0.15) is 0 Å². The van der Waals surface area contributed by atoms with E-state index in [9.17, 15) is 9.59 Å². The van der Waals surface area contributed by atoms with Gasteiger partial charge in [-0.3, -0.25) is 9.59 Å². The summed E-state index contributed by atoms with van der Waals surface area (Å²) >= 11 is 0. The standard InChI is InChI=1S/C20H25N3O3.ClH/c1-26-14-20(9-11-21-12-10-20)13-22-18(24)16-7-8-17(23-19(16)25)15-5-3-2-4-6-15;/h2-8,21H,9-14H2,1H3,(H,22,24)(H,23,25);1H. The molecule has 0 atom stereocenters. The van der Waals surface area contributed by atoms with Gasteiger partial charge in [-0.25, -0.2) is 0 Å². The highest BCUT2D eigenvalue weighted by atomic mass is 35.5. The lowest BCUT2D eigenvalue weighted by Gasteiger charge is -2.37. The maximum Gasteiger partial charge on any atom is 0.261 e. The Hall–Kier alpha value is -2.15. The van der Waals surface area contributed by atoms with Gasteiger partial charge in [0.15, 0.2) is 0 Å². The van der Waals surface area contributed by atoms with Crippen LogP contribution in [0, 0.1) is 5.41 Å². The molecule has 2 aromatic rings. The maximum atomic E-state index is 12.5. The molecule has 1 saturated heterocycles. The van der Waals surface area contributed by atoms with E-state index in [1.807, 2.05) is 30.3 Å². The fourth-order valence-electron chi connectivity index (χ4n) is 3.44. The largest absolute Gasteiger partial charge is 0.384 e. The summed E-state index contributed by atoms with van der Waals surface area (Å²) in [5, 5.41) is 6.25. The Balaban J connectivity index is 0.00000261. The summed E-state index contributed by atoms with van der Waals surface area (Å²) in [7, 11) is 1.68. The first-order valence-corrected chi connectivity index (χ1v) is 8.90. The smallest absolute Gasteiger partial charge is 0.261 e. The Morgan fingerprint density at radius 2 is 1.85 bits per heavy atom. The van der Waals surface area contributed by atoms with Crippen molar-refractivity contribution in [2.24, 2.45) is 5.41 Å². The van der Waals surface area contributed by atoms with E-state index in [-0.39, 0.29) is 34.9 Å². The van der Waals surface area contributed by atoms with Crippen molar-refractivity contribution in [2.45, 2.75) is 12.8 Å².